The van der Waals surface area contributed by atoms with Gasteiger partial charge >= 0.3 is 0 Å². The van der Waals surface area contributed by atoms with Crippen LogP contribution < -0.4 is 9.80 Å². The van der Waals surface area contributed by atoms with Gasteiger partial charge in [-0.15, -0.1) is 0 Å². The van der Waals surface area contributed by atoms with E-state index >= 15 is 0 Å². The molecule has 10 aromatic rings. The van der Waals surface area contributed by atoms with Gasteiger partial charge in [-0.2, -0.15) is 0 Å². The molecular weight excluding hydrogens is 729 g/mol. The Labute approximate surface area is 350 Å². The van der Waals surface area contributed by atoms with E-state index in [-0.39, 0.29) is 0 Å². The van der Waals surface area contributed by atoms with Gasteiger partial charge in [-0.25, -0.2) is 9.97 Å². The largest absolute Gasteiger partial charge is 0.311 e. The molecule has 0 atom stereocenters. The highest BCUT2D eigenvalue weighted by atomic mass is 15.1. The summed E-state index contributed by atoms with van der Waals surface area (Å²) in [6.45, 7) is 0. The Morgan fingerprint density at radius 2 is 0.733 bits per heavy atom. The zero-order valence-corrected chi connectivity index (χ0v) is 32.7. The molecule has 0 bridgehead atoms. The topological polar surface area (TPSA) is 32.3 Å². The Bertz CT molecular complexity index is 3040. The van der Waals surface area contributed by atoms with Crippen molar-refractivity contribution in [3.05, 3.63) is 231 Å². The fourth-order valence-electron chi connectivity index (χ4n) is 8.69. The first-order chi connectivity index (χ1) is 29.8. The molecule has 1 aromatic heterocycles. The van der Waals surface area contributed by atoms with Gasteiger partial charge in [0.25, 0.3) is 0 Å². The highest BCUT2D eigenvalue weighted by Crippen LogP contribution is 2.52. The van der Waals surface area contributed by atoms with E-state index in [0.717, 1.165) is 73.3 Å². The maximum absolute atomic E-state index is 5.53. The van der Waals surface area contributed by atoms with Crippen LogP contribution in [0.15, 0.2) is 231 Å². The van der Waals surface area contributed by atoms with Crippen molar-refractivity contribution in [2.45, 2.75) is 0 Å². The van der Waals surface area contributed by atoms with Crippen LogP contribution in [0.5, 0.6) is 0 Å². The molecule has 11 rings (SSSR count). The lowest BCUT2D eigenvalue weighted by atomic mass is 9.93. The second-order valence-corrected chi connectivity index (χ2v) is 15.0. The zero-order chi connectivity index (χ0) is 39.8. The third-order valence-corrected chi connectivity index (χ3v) is 11.4. The van der Waals surface area contributed by atoms with Gasteiger partial charge in [0.2, 0.25) is 0 Å². The number of nitrogens with zero attached hydrogens (tertiary/aromatic N) is 4. The number of rotatable bonds is 9. The van der Waals surface area contributed by atoms with Crippen LogP contribution in [0.1, 0.15) is 0 Å². The molecule has 0 N–H and O–H groups in total. The fourth-order valence-corrected chi connectivity index (χ4v) is 8.69. The van der Waals surface area contributed by atoms with Crippen LogP contribution in [-0.2, 0) is 0 Å². The lowest BCUT2D eigenvalue weighted by Gasteiger charge is -2.26. The Kier molecular flexibility index (Phi) is 8.79. The van der Waals surface area contributed by atoms with Gasteiger partial charge in [0.1, 0.15) is 0 Å². The van der Waals surface area contributed by atoms with Gasteiger partial charge in [-0.05, 0) is 112 Å². The summed E-state index contributed by atoms with van der Waals surface area (Å²) in [5.74, 6) is 0.683. The van der Waals surface area contributed by atoms with Crippen molar-refractivity contribution in [2.75, 3.05) is 9.80 Å². The Morgan fingerprint density at radius 3 is 1.32 bits per heavy atom. The number of hydrogen-bond acceptors (Lipinski definition) is 4. The summed E-state index contributed by atoms with van der Waals surface area (Å²) in [6.07, 6.45) is 0. The minimum Gasteiger partial charge on any atom is -0.311 e. The molecule has 1 aliphatic carbocycles. The van der Waals surface area contributed by atoms with Crippen LogP contribution in [0.2, 0.25) is 0 Å². The number of aromatic nitrogens is 2. The average Bonchev–Trinajstić information content (AvgIpc) is 3.65. The third-order valence-electron chi connectivity index (χ3n) is 11.4. The summed E-state index contributed by atoms with van der Waals surface area (Å²) >= 11 is 0. The van der Waals surface area contributed by atoms with E-state index in [2.05, 4.69) is 240 Å². The average molecular weight is 767 g/mol. The third kappa shape index (κ3) is 6.19. The second-order valence-electron chi connectivity index (χ2n) is 15.0. The molecule has 282 valence electrons. The van der Waals surface area contributed by atoms with Gasteiger partial charge in [0.05, 0.1) is 11.4 Å². The molecule has 4 heteroatoms. The molecule has 0 radical (unpaired) electrons. The smallest absolute Gasteiger partial charge is 0.160 e. The first-order valence-corrected chi connectivity index (χ1v) is 20.3. The van der Waals surface area contributed by atoms with E-state index in [1.807, 2.05) is 0 Å². The van der Waals surface area contributed by atoms with Gasteiger partial charge in [-0.1, -0.05) is 146 Å². The van der Waals surface area contributed by atoms with Gasteiger partial charge in [0.15, 0.2) is 5.82 Å². The van der Waals surface area contributed by atoms with E-state index in [1.165, 1.54) is 21.9 Å². The van der Waals surface area contributed by atoms with Crippen molar-refractivity contribution < 1.29 is 0 Å². The van der Waals surface area contributed by atoms with Crippen LogP contribution in [0.25, 0.3) is 66.9 Å². The molecule has 60 heavy (non-hydrogen) atoms. The maximum atomic E-state index is 5.53. The van der Waals surface area contributed by atoms with Crippen LogP contribution in [0.3, 0.4) is 0 Å². The van der Waals surface area contributed by atoms with Crippen molar-refractivity contribution >= 4 is 44.9 Å². The summed E-state index contributed by atoms with van der Waals surface area (Å²) in [5.41, 5.74) is 16.0. The number of hydrogen-bond donors (Lipinski definition) is 0. The van der Waals surface area contributed by atoms with E-state index in [4.69, 9.17) is 9.97 Å². The lowest BCUT2D eigenvalue weighted by molar-refractivity contribution is 1.19. The van der Waals surface area contributed by atoms with Crippen LogP contribution in [-0.4, -0.2) is 9.97 Å². The minimum absolute atomic E-state index is 0.683. The molecule has 0 spiro atoms. The monoisotopic (exact) mass is 766 g/mol. The molecule has 0 fully saturated rings. The number of benzene rings is 9. The lowest BCUT2D eigenvalue weighted by Crippen LogP contribution is -2.10. The van der Waals surface area contributed by atoms with Crippen LogP contribution in [0, 0.1) is 0 Å². The van der Waals surface area contributed by atoms with E-state index in [9.17, 15) is 0 Å². The SMILES string of the molecule is c1ccc(-c2ccc3c4c(cccc24)-c2nc(-c4ccc(N(c5ccccc5)c5ccccc5)cc4)nc(-c4cccc(N(c5ccccc5)c5ccccc5)c4)c2-3)cc1. The summed E-state index contributed by atoms with van der Waals surface area (Å²) in [5, 5.41) is 2.42. The first-order valence-electron chi connectivity index (χ1n) is 20.3. The molecule has 0 saturated carbocycles. The highest BCUT2D eigenvalue weighted by Gasteiger charge is 2.30. The van der Waals surface area contributed by atoms with Crippen molar-refractivity contribution in [3.8, 4) is 56.2 Å². The number of fused-ring (bicyclic) bond motifs is 3. The Hall–Kier alpha value is -8.08. The summed E-state index contributed by atoms with van der Waals surface area (Å²) in [4.78, 5) is 15.6. The van der Waals surface area contributed by atoms with Crippen LogP contribution >= 0.6 is 0 Å². The zero-order valence-electron chi connectivity index (χ0n) is 32.7. The molecule has 4 nitrogen and oxygen atoms in total. The number of anilines is 6. The standard InChI is InChI=1S/C56H38N4/c1-6-18-39(19-7-1)48-36-37-50-52-49(48)30-17-31-51(52)55-53(50)54(41-20-16-29-47(38-41)60(44-25-12-4-13-26-44)45-27-14-5-15-28-45)57-56(58-55)40-32-34-46(35-33-40)59(42-21-8-2-9-22-42)43-23-10-3-11-24-43/h1-38H. The van der Waals surface area contributed by atoms with E-state index in [0.29, 0.717) is 5.82 Å². The minimum atomic E-state index is 0.683. The predicted molar refractivity (Wildman–Crippen MR) is 250 cm³/mol. The molecule has 1 heterocycles. The molecule has 1 aliphatic rings. The van der Waals surface area contributed by atoms with Crippen molar-refractivity contribution in [1.82, 2.24) is 9.97 Å². The van der Waals surface area contributed by atoms with Gasteiger partial charge < -0.3 is 9.80 Å². The second kappa shape index (κ2) is 15.0. The van der Waals surface area contributed by atoms with Gasteiger partial charge in [-0.3, -0.25) is 0 Å². The predicted octanol–water partition coefficient (Wildman–Crippen LogP) is 15.2. The van der Waals surface area contributed by atoms with E-state index < -0.39 is 0 Å². The van der Waals surface area contributed by atoms with Crippen molar-refractivity contribution in [1.29, 1.82) is 0 Å². The maximum Gasteiger partial charge on any atom is 0.160 e. The van der Waals surface area contributed by atoms with Crippen molar-refractivity contribution in [2.24, 2.45) is 0 Å². The molecule has 0 saturated heterocycles. The molecule has 0 aliphatic heterocycles. The molecule has 0 unspecified atom stereocenters. The van der Waals surface area contributed by atoms with E-state index in [1.54, 1.807) is 0 Å². The molecule has 9 aromatic carbocycles. The normalized spacial score (nSPS) is 11.3. The fraction of sp³-hybridized carbons (Fsp3) is 0. The quantitative estimate of drug-likeness (QED) is 0.146. The summed E-state index contributed by atoms with van der Waals surface area (Å²) in [7, 11) is 0. The Balaban J connectivity index is 1.10. The first kappa shape index (κ1) is 35.1. The summed E-state index contributed by atoms with van der Waals surface area (Å²) < 4.78 is 0. The number of para-hydroxylation sites is 4. The summed E-state index contributed by atoms with van der Waals surface area (Å²) in [6, 6.07) is 81.3. The molecular formula is C56H38N4. The van der Waals surface area contributed by atoms with Crippen molar-refractivity contribution in [3.63, 3.8) is 0 Å². The molecule has 0 amide bonds. The van der Waals surface area contributed by atoms with Crippen LogP contribution in [0.4, 0.5) is 34.1 Å². The van der Waals surface area contributed by atoms with Gasteiger partial charge in [0, 0.05) is 56.4 Å². The Morgan fingerprint density at radius 1 is 0.283 bits per heavy atom. The highest BCUT2D eigenvalue weighted by molar-refractivity contribution is 6.20.